The molecule has 0 aromatic carbocycles. The third-order valence-corrected chi connectivity index (χ3v) is 3.46. The van der Waals surface area contributed by atoms with Crippen molar-refractivity contribution in [2.75, 3.05) is 17.1 Å². The fourth-order valence-electron chi connectivity index (χ4n) is 2.21. The van der Waals surface area contributed by atoms with Crippen LogP contribution >= 0.6 is 0 Å². The lowest BCUT2D eigenvalue weighted by atomic mass is 10.1. The molecule has 3 heterocycles. The minimum atomic E-state index is -4.70. The molecule has 3 N–H and O–H groups in total. The summed E-state index contributed by atoms with van der Waals surface area (Å²) in [7, 11) is 0. The Labute approximate surface area is 174 Å². The van der Waals surface area contributed by atoms with Crippen LogP contribution in [0.3, 0.4) is 0 Å². The molecular formula is C19H20F3N7O. The van der Waals surface area contributed by atoms with E-state index in [-0.39, 0.29) is 35.1 Å². The summed E-state index contributed by atoms with van der Waals surface area (Å²) in [6, 6.07) is 4.71. The van der Waals surface area contributed by atoms with E-state index in [9.17, 15) is 18.3 Å². The number of aliphatic hydroxyl groups is 1. The predicted molar refractivity (Wildman–Crippen MR) is 105 cm³/mol. The Morgan fingerprint density at radius 1 is 1.10 bits per heavy atom. The van der Waals surface area contributed by atoms with Crippen molar-refractivity contribution in [2.24, 2.45) is 0 Å². The maximum Gasteiger partial charge on any atom is 0.433 e. The molecule has 158 valence electrons. The Bertz CT molecular complexity index is 1170. The molecule has 0 radical (unpaired) electrons. The molecule has 11 heteroatoms. The molecular weight excluding hydrogens is 399 g/mol. The summed E-state index contributed by atoms with van der Waals surface area (Å²) in [5.41, 5.74) is -2.59. The van der Waals surface area contributed by atoms with Gasteiger partial charge in [0.25, 0.3) is 0 Å². The van der Waals surface area contributed by atoms with Crippen molar-refractivity contribution in [1.82, 2.24) is 24.9 Å². The van der Waals surface area contributed by atoms with Gasteiger partial charge in [0, 0.05) is 24.1 Å². The normalized spacial score (nSPS) is 13.9. The number of nitrogens with zero attached hydrogens (tertiary/aromatic N) is 5. The lowest BCUT2D eigenvalue weighted by molar-refractivity contribution is -0.141. The van der Waals surface area contributed by atoms with Crippen LogP contribution in [0.1, 0.15) is 29.3 Å². The summed E-state index contributed by atoms with van der Waals surface area (Å²) in [5.74, 6) is -0.844. The number of hydrogen-bond acceptors (Lipinski definition) is 8. The van der Waals surface area contributed by atoms with E-state index < -0.39 is 24.0 Å². The minimum absolute atomic E-state index is 0.0398. The molecule has 0 fully saturated rings. The van der Waals surface area contributed by atoms with E-state index in [0.717, 1.165) is 12.1 Å². The van der Waals surface area contributed by atoms with Gasteiger partial charge in [-0.25, -0.2) is 4.98 Å². The van der Waals surface area contributed by atoms with Crippen LogP contribution in [-0.2, 0) is 6.18 Å². The topological polar surface area (TPSA) is 109 Å². The van der Waals surface area contributed by atoms with Gasteiger partial charge in [-0.05, 0) is 45.0 Å². The fraction of sp³-hybridized carbons (Fsp3) is 0.316. The summed E-state index contributed by atoms with van der Waals surface area (Å²) in [6.07, 6.45) is -3.25. The fourth-order valence-corrected chi connectivity index (χ4v) is 2.21. The van der Waals surface area contributed by atoms with Crippen molar-refractivity contribution in [3.05, 3.63) is 47.9 Å². The molecule has 3 aromatic rings. The van der Waals surface area contributed by atoms with Crippen molar-refractivity contribution < 1.29 is 22.4 Å². The highest BCUT2D eigenvalue weighted by atomic mass is 19.4. The van der Waals surface area contributed by atoms with E-state index in [1.807, 2.05) is 0 Å². The Morgan fingerprint density at radius 3 is 2.53 bits per heavy atom. The Hall–Kier alpha value is -3.34. The van der Waals surface area contributed by atoms with Crippen LogP contribution in [0.25, 0.3) is 11.5 Å². The molecule has 0 bridgehead atoms. The van der Waals surface area contributed by atoms with Gasteiger partial charge >= 0.3 is 6.18 Å². The molecule has 0 aliphatic carbocycles. The second-order valence-electron chi connectivity index (χ2n) is 6.71. The van der Waals surface area contributed by atoms with Crippen molar-refractivity contribution in [1.29, 1.82) is 0 Å². The second-order valence-corrected chi connectivity index (χ2v) is 6.71. The highest BCUT2D eigenvalue weighted by Crippen LogP contribution is 2.29. The number of pyridine rings is 2. The molecule has 3 aromatic heterocycles. The zero-order valence-corrected chi connectivity index (χ0v) is 16.2. The summed E-state index contributed by atoms with van der Waals surface area (Å²) >= 11 is 0. The highest BCUT2D eigenvalue weighted by Gasteiger charge is 2.32. The van der Waals surface area contributed by atoms with Crippen LogP contribution in [0.15, 0.2) is 36.5 Å². The van der Waals surface area contributed by atoms with Crippen LogP contribution in [0, 0.1) is 6.92 Å². The molecule has 0 amide bonds. The SMILES string of the molecule is [2H]c1c(Nc2nc(NC([2H])([2H])C(C)(C)O)nc(-c3cccc(C(F)(F)F)n3)n2)ccnc1C. The first kappa shape index (κ1) is 17.5. The number of rotatable bonds is 6. The first-order valence-electron chi connectivity index (χ1n) is 10.2. The van der Waals surface area contributed by atoms with E-state index in [4.69, 9.17) is 4.11 Å². The van der Waals surface area contributed by atoms with Crippen LogP contribution in [0.4, 0.5) is 30.8 Å². The minimum Gasteiger partial charge on any atom is -0.389 e. The second kappa shape index (κ2) is 8.19. The van der Waals surface area contributed by atoms with E-state index >= 15 is 0 Å². The molecule has 0 unspecified atom stereocenters. The first-order chi connectivity index (χ1) is 15.2. The molecule has 0 aliphatic heterocycles. The molecule has 0 saturated heterocycles. The number of aryl methyl sites for hydroxylation is 1. The van der Waals surface area contributed by atoms with Crippen LogP contribution < -0.4 is 10.6 Å². The maximum absolute atomic E-state index is 13.1. The number of anilines is 3. The zero-order chi connectivity index (χ0) is 24.6. The smallest absolute Gasteiger partial charge is 0.389 e. The zero-order valence-electron chi connectivity index (χ0n) is 19.2. The molecule has 0 saturated carbocycles. The van der Waals surface area contributed by atoms with Gasteiger partial charge in [-0.2, -0.15) is 28.1 Å². The Balaban J connectivity index is 2.11. The summed E-state index contributed by atoms with van der Waals surface area (Å²) in [4.78, 5) is 19.7. The Kier molecular flexibility index (Phi) is 4.78. The van der Waals surface area contributed by atoms with E-state index in [0.29, 0.717) is 5.69 Å². The summed E-state index contributed by atoms with van der Waals surface area (Å²) in [5, 5.41) is 15.2. The van der Waals surface area contributed by atoms with E-state index in [2.05, 4.69) is 35.6 Å². The van der Waals surface area contributed by atoms with E-state index in [1.54, 1.807) is 6.92 Å². The van der Waals surface area contributed by atoms with Gasteiger partial charge in [0.1, 0.15) is 11.4 Å². The third-order valence-electron chi connectivity index (χ3n) is 3.46. The highest BCUT2D eigenvalue weighted by molar-refractivity contribution is 5.59. The lowest BCUT2D eigenvalue weighted by Gasteiger charge is -2.18. The molecule has 3 rings (SSSR count). The van der Waals surface area contributed by atoms with Gasteiger partial charge in [-0.3, -0.25) is 4.98 Å². The molecule has 0 spiro atoms. The number of alkyl halides is 3. The molecule has 30 heavy (non-hydrogen) atoms. The van der Waals surface area contributed by atoms with Crippen LogP contribution in [0.2, 0.25) is 0 Å². The number of nitrogens with one attached hydrogen (secondary N) is 2. The van der Waals surface area contributed by atoms with Crippen molar-refractivity contribution in [3.8, 4) is 11.5 Å². The van der Waals surface area contributed by atoms with Gasteiger partial charge in [0.2, 0.25) is 11.9 Å². The Morgan fingerprint density at radius 2 is 1.83 bits per heavy atom. The maximum atomic E-state index is 13.1. The molecule has 8 nitrogen and oxygen atoms in total. The molecule has 0 aliphatic rings. The lowest BCUT2D eigenvalue weighted by Crippen LogP contribution is -2.30. The first-order valence-corrected chi connectivity index (χ1v) is 8.68. The van der Waals surface area contributed by atoms with Gasteiger partial charge in [0.05, 0.1) is 9.71 Å². The van der Waals surface area contributed by atoms with E-state index in [1.165, 1.54) is 32.2 Å². The van der Waals surface area contributed by atoms with Gasteiger partial charge in [-0.15, -0.1) is 0 Å². The predicted octanol–water partition coefficient (Wildman–Crippen LogP) is 3.58. The summed E-state index contributed by atoms with van der Waals surface area (Å²) < 4.78 is 63.5. The number of aromatic nitrogens is 5. The van der Waals surface area contributed by atoms with Crippen molar-refractivity contribution in [2.45, 2.75) is 32.5 Å². The number of halogens is 3. The van der Waals surface area contributed by atoms with Gasteiger partial charge < -0.3 is 15.7 Å². The largest absolute Gasteiger partial charge is 0.433 e. The van der Waals surface area contributed by atoms with Crippen molar-refractivity contribution in [3.63, 3.8) is 0 Å². The summed E-state index contributed by atoms with van der Waals surface area (Å²) in [6.45, 7) is 1.64. The third kappa shape index (κ3) is 5.83. The van der Waals surface area contributed by atoms with Gasteiger partial charge in [-0.1, -0.05) is 6.07 Å². The number of hydrogen-bond donors (Lipinski definition) is 3. The van der Waals surface area contributed by atoms with Crippen LogP contribution in [-0.4, -0.2) is 42.1 Å². The monoisotopic (exact) mass is 422 g/mol. The van der Waals surface area contributed by atoms with Gasteiger partial charge in [0.15, 0.2) is 5.82 Å². The standard InChI is InChI=1S/C19H20F3N7O/c1-11-9-12(7-8-23-11)25-17-28-15(27-16(29-17)24-10-18(2,3)30)13-5-4-6-14(26-13)19(20,21)22/h4-9,30H,10H2,1-3H3,(H2,23,24,25,27,28,29)/i9D,10D2. The average Bonchev–Trinajstić information content (AvgIpc) is 2.69. The quantitative estimate of drug-likeness (QED) is 0.553. The molecule has 0 atom stereocenters. The van der Waals surface area contributed by atoms with Crippen LogP contribution in [0.5, 0.6) is 0 Å². The average molecular weight is 422 g/mol. The van der Waals surface area contributed by atoms with Crippen molar-refractivity contribution >= 4 is 17.6 Å².